The van der Waals surface area contributed by atoms with Crippen LogP contribution in [0.1, 0.15) is 13.8 Å². The molecule has 0 atom stereocenters. The van der Waals surface area contributed by atoms with Gasteiger partial charge in [-0.25, -0.2) is 22.7 Å². The molecule has 0 unspecified atom stereocenters. The van der Waals surface area contributed by atoms with Crippen LogP contribution in [0.25, 0.3) is 0 Å². The molecule has 20 heavy (non-hydrogen) atoms. The first kappa shape index (κ1) is 18.1. The van der Waals surface area contributed by atoms with E-state index in [0.717, 1.165) is 0 Å². The Kier molecular flexibility index (Phi) is 6.86. The van der Waals surface area contributed by atoms with Crippen molar-refractivity contribution < 1.29 is 27.9 Å². The molecule has 0 aliphatic carbocycles. The molecule has 0 aliphatic rings. The van der Waals surface area contributed by atoms with Gasteiger partial charge in [-0.3, -0.25) is 10.1 Å². The van der Waals surface area contributed by atoms with Crippen molar-refractivity contribution in [1.82, 2.24) is 15.4 Å². The van der Waals surface area contributed by atoms with Crippen LogP contribution < -0.4 is 15.4 Å². The molecule has 0 aromatic rings. The van der Waals surface area contributed by atoms with E-state index in [9.17, 15) is 22.8 Å². The predicted octanol–water partition coefficient (Wildman–Crippen LogP) is -1.22. The lowest BCUT2D eigenvalue weighted by atomic mass is 10.1. The van der Waals surface area contributed by atoms with Gasteiger partial charge in [0.25, 0.3) is 5.91 Å². The first-order chi connectivity index (χ1) is 9.10. The van der Waals surface area contributed by atoms with Gasteiger partial charge in [-0.05, 0) is 20.9 Å². The molecule has 0 rings (SSSR count). The normalized spacial score (nSPS) is 12.3. The Bertz CT molecular complexity index is 537. The number of carboxylic acid groups (broad SMARTS) is 1. The molecule has 0 aromatic heterocycles. The van der Waals surface area contributed by atoms with E-state index < -0.39 is 27.9 Å². The molecule has 0 fully saturated rings. The number of sulfonamides is 1. The predicted molar refractivity (Wildman–Crippen MR) is 70.4 cm³/mol. The largest absolute Gasteiger partial charge is 0.478 e. The number of imide groups is 1. The van der Waals surface area contributed by atoms with Gasteiger partial charge >= 0.3 is 12.0 Å². The maximum Gasteiger partial charge on any atom is 0.331 e. The van der Waals surface area contributed by atoms with E-state index in [1.165, 1.54) is 20.9 Å². The average molecular weight is 307 g/mol. The molecule has 0 bridgehead atoms. The Morgan fingerprint density at radius 2 is 1.65 bits per heavy atom. The van der Waals surface area contributed by atoms with Crippen molar-refractivity contribution >= 4 is 27.9 Å². The molecular formula is C10H17N3O6S. The van der Waals surface area contributed by atoms with Gasteiger partial charge in [-0.2, -0.15) is 0 Å². The number of carbonyl (C=O) groups is 3. The number of nitrogens with one attached hydrogen (secondary N) is 3. The minimum absolute atomic E-state index is 0.115. The molecular weight excluding hydrogens is 290 g/mol. The zero-order valence-corrected chi connectivity index (χ0v) is 12.1. The summed E-state index contributed by atoms with van der Waals surface area (Å²) in [4.78, 5) is 33.4. The summed E-state index contributed by atoms with van der Waals surface area (Å²) in [5.41, 5.74) is -0.302. The number of urea groups is 1. The van der Waals surface area contributed by atoms with E-state index in [-0.39, 0.29) is 23.4 Å². The molecule has 114 valence electrons. The van der Waals surface area contributed by atoms with Gasteiger partial charge < -0.3 is 10.4 Å². The first-order valence-corrected chi connectivity index (χ1v) is 7.17. The molecule has 0 aliphatic heterocycles. The second kappa shape index (κ2) is 7.60. The maximum absolute atomic E-state index is 11.5. The summed E-state index contributed by atoms with van der Waals surface area (Å²) in [7, 11) is -2.21. The Hall–Kier alpha value is -1.94. The Labute approximate surface area is 116 Å². The second-order valence-electron chi connectivity index (χ2n) is 3.79. The highest BCUT2D eigenvalue weighted by Gasteiger charge is 2.15. The summed E-state index contributed by atoms with van der Waals surface area (Å²) in [6.45, 7) is 2.30. The SMILES string of the molecule is CNS(=O)(=O)CCNC(=O)NC(=O)C(C)=C(C)C(=O)O. The molecule has 0 spiro atoms. The van der Waals surface area contributed by atoms with E-state index >= 15 is 0 Å². The fourth-order valence-electron chi connectivity index (χ4n) is 0.973. The van der Waals surface area contributed by atoms with Crippen LogP contribution >= 0.6 is 0 Å². The minimum atomic E-state index is -3.45. The van der Waals surface area contributed by atoms with E-state index in [1.54, 1.807) is 0 Å². The third-order valence-corrected chi connectivity index (χ3v) is 3.78. The molecule has 0 aromatic carbocycles. The van der Waals surface area contributed by atoms with Crippen LogP contribution in [0, 0.1) is 0 Å². The van der Waals surface area contributed by atoms with Crippen LogP contribution in [0.15, 0.2) is 11.1 Å². The van der Waals surface area contributed by atoms with E-state index in [1.807, 2.05) is 5.32 Å². The Morgan fingerprint density at radius 3 is 2.10 bits per heavy atom. The minimum Gasteiger partial charge on any atom is -0.478 e. The van der Waals surface area contributed by atoms with Crippen LogP contribution in [0.2, 0.25) is 0 Å². The lowest BCUT2D eigenvalue weighted by molar-refractivity contribution is -0.133. The standard InChI is InChI=1S/C10H17N3O6S/c1-6(7(2)9(15)16)8(14)13-10(17)12-4-5-20(18,19)11-3/h11H,4-5H2,1-3H3,(H,15,16)(H2,12,13,14,17). The number of hydrogen-bond donors (Lipinski definition) is 4. The number of hydrogen-bond acceptors (Lipinski definition) is 5. The van der Waals surface area contributed by atoms with E-state index in [0.29, 0.717) is 0 Å². The zero-order chi connectivity index (χ0) is 15.9. The summed E-state index contributed by atoms with van der Waals surface area (Å²) < 4.78 is 24.2. The van der Waals surface area contributed by atoms with Crippen LogP contribution in [0.4, 0.5) is 4.79 Å². The topological polar surface area (TPSA) is 142 Å². The highest BCUT2D eigenvalue weighted by atomic mass is 32.2. The number of amides is 3. The third kappa shape index (κ3) is 6.29. The Morgan fingerprint density at radius 1 is 1.10 bits per heavy atom. The zero-order valence-electron chi connectivity index (χ0n) is 11.3. The lowest BCUT2D eigenvalue weighted by Crippen LogP contribution is -2.42. The molecule has 3 amide bonds. The van der Waals surface area contributed by atoms with Crippen molar-refractivity contribution in [3.8, 4) is 0 Å². The quantitative estimate of drug-likeness (QED) is 0.453. The van der Waals surface area contributed by atoms with Crippen LogP contribution in [-0.2, 0) is 19.6 Å². The molecule has 0 radical (unpaired) electrons. The molecule has 0 heterocycles. The number of aliphatic carboxylic acids is 1. The van der Waals surface area contributed by atoms with Crippen molar-refractivity contribution in [3.63, 3.8) is 0 Å². The first-order valence-electron chi connectivity index (χ1n) is 5.52. The number of carboxylic acids is 1. The smallest absolute Gasteiger partial charge is 0.331 e. The lowest BCUT2D eigenvalue weighted by Gasteiger charge is -2.08. The highest BCUT2D eigenvalue weighted by Crippen LogP contribution is 2.03. The van der Waals surface area contributed by atoms with E-state index in [2.05, 4.69) is 10.0 Å². The fraction of sp³-hybridized carbons (Fsp3) is 0.500. The fourth-order valence-corrected chi connectivity index (χ4v) is 1.55. The molecule has 10 heteroatoms. The van der Waals surface area contributed by atoms with E-state index in [4.69, 9.17) is 5.11 Å². The summed E-state index contributed by atoms with van der Waals surface area (Å²) >= 11 is 0. The molecule has 0 saturated carbocycles. The number of rotatable bonds is 6. The van der Waals surface area contributed by atoms with Crippen molar-refractivity contribution in [1.29, 1.82) is 0 Å². The molecule has 9 nitrogen and oxygen atoms in total. The van der Waals surface area contributed by atoms with Crippen molar-refractivity contribution in [2.75, 3.05) is 19.3 Å². The summed E-state index contributed by atoms with van der Waals surface area (Å²) in [6.07, 6.45) is 0. The van der Waals surface area contributed by atoms with Crippen molar-refractivity contribution in [2.45, 2.75) is 13.8 Å². The van der Waals surface area contributed by atoms with Gasteiger partial charge in [-0.15, -0.1) is 0 Å². The molecule has 0 saturated heterocycles. The summed E-state index contributed by atoms with van der Waals surface area (Å²) in [6, 6.07) is -0.904. The van der Waals surface area contributed by atoms with Gasteiger partial charge in [0.2, 0.25) is 10.0 Å². The summed E-state index contributed by atoms with van der Waals surface area (Å²) in [5.74, 6) is -2.47. The van der Waals surface area contributed by atoms with Gasteiger partial charge in [0.1, 0.15) is 0 Å². The Balaban J connectivity index is 4.40. The second-order valence-corrected chi connectivity index (χ2v) is 5.83. The third-order valence-electron chi connectivity index (χ3n) is 2.42. The van der Waals surface area contributed by atoms with Gasteiger partial charge in [0.15, 0.2) is 0 Å². The number of carbonyl (C=O) groups excluding carboxylic acids is 2. The van der Waals surface area contributed by atoms with Crippen molar-refractivity contribution in [3.05, 3.63) is 11.1 Å². The summed E-state index contributed by atoms with van der Waals surface area (Å²) in [5, 5.41) is 12.7. The van der Waals surface area contributed by atoms with Crippen LogP contribution in [-0.4, -0.2) is 50.8 Å². The van der Waals surface area contributed by atoms with Crippen LogP contribution in [0.3, 0.4) is 0 Å². The van der Waals surface area contributed by atoms with Crippen molar-refractivity contribution in [2.24, 2.45) is 0 Å². The maximum atomic E-state index is 11.5. The van der Waals surface area contributed by atoms with Gasteiger partial charge in [-0.1, -0.05) is 0 Å². The monoisotopic (exact) mass is 307 g/mol. The van der Waals surface area contributed by atoms with Crippen LogP contribution in [0.5, 0.6) is 0 Å². The molecule has 4 N–H and O–H groups in total. The van der Waals surface area contributed by atoms with Gasteiger partial charge in [0.05, 0.1) is 5.75 Å². The average Bonchev–Trinajstić information content (AvgIpc) is 2.36. The van der Waals surface area contributed by atoms with Gasteiger partial charge in [0, 0.05) is 17.7 Å². The highest BCUT2D eigenvalue weighted by molar-refractivity contribution is 7.89.